The summed E-state index contributed by atoms with van der Waals surface area (Å²) >= 11 is 0. The molecule has 0 N–H and O–H groups in total. The molecule has 1 aliphatic rings. The highest BCUT2D eigenvalue weighted by Gasteiger charge is 2.15. The fraction of sp³-hybridized carbons (Fsp3) is 0.500. The average Bonchev–Trinajstić information content (AvgIpc) is 2.26. The van der Waals surface area contributed by atoms with Gasteiger partial charge < -0.3 is 4.74 Å². The van der Waals surface area contributed by atoms with Crippen molar-refractivity contribution in [3.8, 4) is 11.8 Å². The molecule has 0 radical (unpaired) electrons. The molecule has 86 valence electrons. The van der Waals surface area contributed by atoms with Crippen LogP contribution in [0, 0.1) is 11.8 Å². The molecule has 2 heteroatoms. The van der Waals surface area contributed by atoms with Gasteiger partial charge in [0.1, 0.15) is 0 Å². The van der Waals surface area contributed by atoms with Crippen LogP contribution in [0.3, 0.4) is 0 Å². The van der Waals surface area contributed by atoms with E-state index in [2.05, 4.69) is 24.0 Å². The molecule has 0 saturated carbocycles. The molecular formula is C14H18O2. The molecule has 0 amide bonds. The molecule has 2 nitrogen and oxygen atoms in total. The Morgan fingerprint density at radius 2 is 2.44 bits per heavy atom. The standard InChI is InChI=1S/C14H18O2/c1-3-4-8-13-10-6-11-14(16-13)9-5-7-12(2)15/h5-7,10,13-14H,8-9,11H2,1-2H3/b7-5+/t13-,14-/m1/s1. The smallest absolute Gasteiger partial charge is 0.152 e. The van der Waals surface area contributed by atoms with Gasteiger partial charge in [-0.25, -0.2) is 0 Å². The number of hydrogen-bond donors (Lipinski definition) is 0. The van der Waals surface area contributed by atoms with Crippen molar-refractivity contribution >= 4 is 5.78 Å². The van der Waals surface area contributed by atoms with Gasteiger partial charge in [0.05, 0.1) is 12.2 Å². The maximum atomic E-state index is 10.7. The van der Waals surface area contributed by atoms with Crippen LogP contribution in [0.5, 0.6) is 0 Å². The molecule has 0 unspecified atom stereocenters. The first-order valence-corrected chi connectivity index (χ1v) is 5.61. The van der Waals surface area contributed by atoms with Crippen LogP contribution in [0.2, 0.25) is 0 Å². The van der Waals surface area contributed by atoms with Crippen LogP contribution >= 0.6 is 0 Å². The molecule has 0 aromatic rings. The van der Waals surface area contributed by atoms with Crippen LogP contribution < -0.4 is 0 Å². The molecule has 0 aromatic heterocycles. The normalized spacial score (nSPS) is 24.1. The lowest BCUT2D eigenvalue weighted by Gasteiger charge is -2.23. The highest BCUT2D eigenvalue weighted by molar-refractivity contribution is 5.87. The third kappa shape index (κ3) is 4.95. The summed E-state index contributed by atoms with van der Waals surface area (Å²) in [6.45, 7) is 3.39. The van der Waals surface area contributed by atoms with E-state index in [0.29, 0.717) is 0 Å². The molecule has 0 aromatic carbocycles. The third-order valence-corrected chi connectivity index (χ3v) is 2.35. The molecular weight excluding hydrogens is 200 g/mol. The molecule has 16 heavy (non-hydrogen) atoms. The summed E-state index contributed by atoms with van der Waals surface area (Å²) in [4.78, 5) is 10.7. The van der Waals surface area contributed by atoms with Crippen molar-refractivity contribution in [1.29, 1.82) is 0 Å². The number of ketones is 1. The van der Waals surface area contributed by atoms with E-state index in [1.165, 1.54) is 0 Å². The van der Waals surface area contributed by atoms with Gasteiger partial charge in [-0.1, -0.05) is 18.2 Å². The van der Waals surface area contributed by atoms with Gasteiger partial charge in [0.2, 0.25) is 0 Å². The molecule has 1 aliphatic heterocycles. The summed E-state index contributed by atoms with van der Waals surface area (Å²) in [5, 5.41) is 0. The van der Waals surface area contributed by atoms with Crippen LogP contribution in [0.15, 0.2) is 24.3 Å². The first-order valence-electron chi connectivity index (χ1n) is 5.61. The second-order valence-electron chi connectivity index (χ2n) is 3.84. The van der Waals surface area contributed by atoms with Gasteiger partial charge in [-0.15, -0.1) is 11.8 Å². The topological polar surface area (TPSA) is 26.3 Å². The average molecular weight is 218 g/mol. The van der Waals surface area contributed by atoms with Gasteiger partial charge in [0.25, 0.3) is 0 Å². The van der Waals surface area contributed by atoms with Crippen molar-refractivity contribution in [3.05, 3.63) is 24.3 Å². The van der Waals surface area contributed by atoms with Gasteiger partial charge in [0, 0.05) is 6.42 Å². The first kappa shape index (κ1) is 12.7. The summed E-state index contributed by atoms with van der Waals surface area (Å²) in [6.07, 6.45) is 10.4. The summed E-state index contributed by atoms with van der Waals surface area (Å²) < 4.78 is 5.82. The predicted molar refractivity (Wildman–Crippen MR) is 64.9 cm³/mol. The minimum Gasteiger partial charge on any atom is -0.369 e. The summed E-state index contributed by atoms with van der Waals surface area (Å²) in [6, 6.07) is 0. The van der Waals surface area contributed by atoms with Crippen molar-refractivity contribution in [3.63, 3.8) is 0 Å². The van der Waals surface area contributed by atoms with E-state index in [0.717, 1.165) is 19.3 Å². The maximum absolute atomic E-state index is 10.7. The molecule has 1 heterocycles. The second kappa shape index (κ2) is 7.03. The molecule has 2 atom stereocenters. The van der Waals surface area contributed by atoms with Crippen molar-refractivity contribution < 1.29 is 9.53 Å². The van der Waals surface area contributed by atoms with E-state index in [1.54, 1.807) is 13.0 Å². The minimum atomic E-state index is 0.0831. The Bertz CT molecular complexity index is 341. The Kier molecular flexibility index (Phi) is 5.60. The molecule has 0 saturated heterocycles. The zero-order chi connectivity index (χ0) is 11.8. The quantitative estimate of drug-likeness (QED) is 0.412. The van der Waals surface area contributed by atoms with Crippen LogP contribution in [-0.4, -0.2) is 18.0 Å². The Labute approximate surface area is 97.4 Å². The Hall–Kier alpha value is -1.33. The lowest BCUT2D eigenvalue weighted by molar-refractivity contribution is -0.112. The molecule has 0 bridgehead atoms. The fourth-order valence-electron chi connectivity index (χ4n) is 1.59. The first-order chi connectivity index (χ1) is 7.72. The second-order valence-corrected chi connectivity index (χ2v) is 3.84. The number of carbonyl (C=O) groups excluding carboxylic acids is 1. The predicted octanol–water partition coefficient (Wildman–Crippen LogP) is 2.65. The minimum absolute atomic E-state index is 0.0831. The van der Waals surface area contributed by atoms with E-state index in [4.69, 9.17) is 4.74 Å². The van der Waals surface area contributed by atoms with E-state index in [1.807, 2.05) is 13.0 Å². The number of carbonyl (C=O) groups is 1. The van der Waals surface area contributed by atoms with Crippen LogP contribution in [-0.2, 0) is 9.53 Å². The Morgan fingerprint density at radius 3 is 3.12 bits per heavy atom. The lowest BCUT2D eigenvalue weighted by Crippen LogP contribution is -2.23. The summed E-state index contributed by atoms with van der Waals surface area (Å²) in [5.41, 5.74) is 0. The van der Waals surface area contributed by atoms with Crippen molar-refractivity contribution in [1.82, 2.24) is 0 Å². The van der Waals surface area contributed by atoms with Crippen LogP contribution in [0.1, 0.15) is 33.1 Å². The van der Waals surface area contributed by atoms with Gasteiger partial charge in [-0.3, -0.25) is 4.79 Å². The number of rotatable bonds is 4. The molecule has 0 aliphatic carbocycles. The van der Waals surface area contributed by atoms with Gasteiger partial charge >= 0.3 is 0 Å². The summed E-state index contributed by atoms with van der Waals surface area (Å²) in [5.74, 6) is 5.96. The van der Waals surface area contributed by atoms with E-state index in [-0.39, 0.29) is 18.0 Å². The Balaban J connectivity index is 2.37. The molecule has 0 fully saturated rings. The molecule has 0 spiro atoms. The maximum Gasteiger partial charge on any atom is 0.152 e. The number of ether oxygens (including phenoxy) is 1. The van der Waals surface area contributed by atoms with Crippen LogP contribution in [0.25, 0.3) is 0 Å². The number of allylic oxidation sites excluding steroid dienone is 1. The van der Waals surface area contributed by atoms with Gasteiger partial charge in [-0.2, -0.15) is 0 Å². The van der Waals surface area contributed by atoms with E-state index < -0.39 is 0 Å². The zero-order valence-corrected chi connectivity index (χ0v) is 9.90. The zero-order valence-electron chi connectivity index (χ0n) is 9.90. The van der Waals surface area contributed by atoms with Crippen molar-refractivity contribution in [2.75, 3.05) is 0 Å². The fourth-order valence-corrected chi connectivity index (χ4v) is 1.59. The van der Waals surface area contributed by atoms with E-state index >= 15 is 0 Å². The lowest BCUT2D eigenvalue weighted by atomic mass is 10.1. The van der Waals surface area contributed by atoms with Crippen molar-refractivity contribution in [2.24, 2.45) is 0 Å². The Morgan fingerprint density at radius 1 is 1.62 bits per heavy atom. The largest absolute Gasteiger partial charge is 0.369 e. The molecule has 1 rings (SSSR count). The van der Waals surface area contributed by atoms with Crippen molar-refractivity contribution in [2.45, 2.75) is 45.3 Å². The third-order valence-electron chi connectivity index (χ3n) is 2.35. The monoisotopic (exact) mass is 218 g/mol. The SMILES string of the molecule is CC#CC[C@@H]1C=CC[C@@H](C/C=C/C(C)=O)O1. The summed E-state index contributed by atoms with van der Waals surface area (Å²) in [7, 11) is 0. The number of hydrogen-bond acceptors (Lipinski definition) is 2. The highest BCUT2D eigenvalue weighted by Crippen LogP contribution is 2.17. The van der Waals surface area contributed by atoms with Crippen LogP contribution in [0.4, 0.5) is 0 Å². The highest BCUT2D eigenvalue weighted by atomic mass is 16.5. The van der Waals surface area contributed by atoms with E-state index in [9.17, 15) is 4.79 Å². The van der Waals surface area contributed by atoms with Gasteiger partial charge in [-0.05, 0) is 32.8 Å². The van der Waals surface area contributed by atoms with Gasteiger partial charge in [0.15, 0.2) is 5.78 Å².